The van der Waals surface area contributed by atoms with Crippen molar-refractivity contribution in [2.75, 3.05) is 37.0 Å². The van der Waals surface area contributed by atoms with Crippen LogP contribution in [0.25, 0.3) is 10.9 Å². The van der Waals surface area contributed by atoms with Gasteiger partial charge in [0.1, 0.15) is 0 Å². The second-order valence-corrected chi connectivity index (χ2v) is 7.46. The fourth-order valence-electron chi connectivity index (χ4n) is 3.32. The number of hydrogen-bond acceptors (Lipinski definition) is 6. The number of nitriles is 1. The molecule has 2 aromatic carbocycles. The number of rotatable bonds is 5. The highest BCUT2D eigenvalue weighted by molar-refractivity contribution is 7.99. The SMILES string of the molecule is N#CCSc1nc2ccc(N3CCOCC3)cc2c(=O)n1Cc1ccccc1. The highest BCUT2D eigenvalue weighted by atomic mass is 32.2. The molecule has 2 heterocycles. The van der Waals surface area contributed by atoms with Crippen LogP contribution >= 0.6 is 11.8 Å². The number of nitrogens with zero attached hydrogens (tertiary/aromatic N) is 4. The van der Waals surface area contributed by atoms with Crippen molar-refractivity contribution in [1.82, 2.24) is 9.55 Å². The number of hydrogen-bond donors (Lipinski definition) is 0. The zero-order chi connectivity index (χ0) is 19.3. The van der Waals surface area contributed by atoms with Gasteiger partial charge in [0.25, 0.3) is 5.56 Å². The normalized spacial score (nSPS) is 14.2. The number of aromatic nitrogens is 2. The number of anilines is 1. The second kappa shape index (κ2) is 8.46. The highest BCUT2D eigenvalue weighted by Crippen LogP contribution is 2.23. The molecule has 0 amide bonds. The third-order valence-electron chi connectivity index (χ3n) is 4.73. The summed E-state index contributed by atoms with van der Waals surface area (Å²) in [7, 11) is 0. The van der Waals surface area contributed by atoms with Gasteiger partial charge in [-0.15, -0.1) is 0 Å². The van der Waals surface area contributed by atoms with Crippen LogP contribution in [0.1, 0.15) is 5.56 Å². The molecular weight excluding hydrogens is 372 g/mol. The van der Waals surface area contributed by atoms with Gasteiger partial charge in [0.15, 0.2) is 5.16 Å². The number of morpholine rings is 1. The maximum atomic E-state index is 13.3. The van der Waals surface area contributed by atoms with E-state index in [4.69, 9.17) is 10.00 Å². The molecule has 1 aliphatic heterocycles. The summed E-state index contributed by atoms with van der Waals surface area (Å²) in [6.45, 7) is 3.44. The summed E-state index contributed by atoms with van der Waals surface area (Å²) in [4.78, 5) is 20.2. The molecule has 0 saturated carbocycles. The van der Waals surface area contributed by atoms with Crippen molar-refractivity contribution >= 4 is 28.4 Å². The average molecular weight is 392 g/mol. The lowest BCUT2D eigenvalue weighted by atomic mass is 10.2. The van der Waals surface area contributed by atoms with Crippen LogP contribution in [0.15, 0.2) is 58.5 Å². The summed E-state index contributed by atoms with van der Waals surface area (Å²) >= 11 is 1.29. The minimum Gasteiger partial charge on any atom is -0.378 e. The first-order chi connectivity index (χ1) is 13.8. The Morgan fingerprint density at radius 2 is 1.93 bits per heavy atom. The molecule has 3 aromatic rings. The smallest absolute Gasteiger partial charge is 0.262 e. The van der Waals surface area contributed by atoms with E-state index in [1.807, 2.05) is 48.5 Å². The lowest BCUT2D eigenvalue weighted by Crippen LogP contribution is -2.36. The van der Waals surface area contributed by atoms with E-state index in [-0.39, 0.29) is 11.3 Å². The molecule has 0 unspecified atom stereocenters. The quantitative estimate of drug-likeness (QED) is 0.491. The topological polar surface area (TPSA) is 71.2 Å². The van der Waals surface area contributed by atoms with Crippen LogP contribution in [0.2, 0.25) is 0 Å². The Hall–Kier alpha value is -2.82. The van der Waals surface area contributed by atoms with Crippen LogP contribution in [0.5, 0.6) is 0 Å². The fraction of sp³-hybridized carbons (Fsp3) is 0.286. The van der Waals surface area contributed by atoms with Crippen molar-refractivity contribution in [3.63, 3.8) is 0 Å². The van der Waals surface area contributed by atoms with Crippen LogP contribution in [-0.2, 0) is 11.3 Å². The van der Waals surface area contributed by atoms with E-state index >= 15 is 0 Å². The van der Waals surface area contributed by atoms with E-state index in [0.717, 1.165) is 24.3 Å². The zero-order valence-corrected chi connectivity index (χ0v) is 16.2. The van der Waals surface area contributed by atoms with Gasteiger partial charge >= 0.3 is 0 Å². The number of thioether (sulfide) groups is 1. The van der Waals surface area contributed by atoms with E-state index in [0.29, 0.717) is 35.8 Å². The minimum absolute atomic E-state index is 0.0793. The average Bonchev–Trinajstić information content (AvgIpc) is 2.75. The Morgan fingerprint density at radius 3 is 2.68 bits per heavy atom. The van der Waals surface area contributed by atoms with E-state index in [1.165, 1.54) is 11.8 Å². The lowest BCUT2D eigenvalue weighted by molar-refractivity contribution is 0.122. The predicted octanol–water partition coefficient (Wildman–Crippen LogP) is 2.90. The Morgan fingerprint density at radius 1 is 1.14 bits per heavy atom. The van der Waals surface area contributed by atoms with Crippen LogP contribution in [0.4, 0.5) is 5.69 Å². The molecular formula is C21H20N4O2S. The van der Waals surface area contributed by atoms with Crippen molar-refractivity contribution in [3.05, 3.63) is 64.4 Å². The third kappa shape index (κ3) is 3.88. The van der Waals surface area contributed by atoms with Gasteiger partial charge in [-0.3, -0.25) is 9.36 Å². The van der Waals surface area contributed by atoms with Crippen molar-refractivity contribution < 1.29 is 4.74 Å². The summed E-state index contributed by atoms with van der Waals surface area (Å²) < 4.78 is 7.09. The molecule has 0 N–H and O–H groups in total. The van der Waals surface area contributed by atoms with Crippen LogP contribution in [-0.4, -0.2) is 41.6 Å². The fourth-order valence-corrected chi connectivity index (χ4v) is 3.98. The van der Waals surface area contributed by atoms with Crippen LogP contribution in [0, 0.1) is 11.3 Å². The van der Waals surface area contributed by atoms with Gasteiger partial charge in [-0.05, 0) is 23.8 Å². The van der Waals surface area contributed by atoms with Gasteiger partial charge < -0.3 is 9.64 Å². The Labute approximate surface area is 167 Å². The summed E-state index contributed by atoms with van der Waals surface area (Å²) in [5.41, 5.74) is 2.61. The Kier molecular flexibility index (Phi) is 5.60. The van der Waals surface area contributed by atoms with E-state index in [2.05, 4.69) is 16.0 Å². The molecule has 0 radical (unpaired) electrons. The van der Waals surface area contributed by atoms with E-state index in [1.54, 1.807) is 4.57 Å². The van der Waals surface area contributed by atoms with Gasteiger partial charge in [-0.25, -0.2) is 4.98 Å². The molecule has 7 heteroatoms. The molecule has 0 aliphatic carbocycles. The molecule has 1 fully saturated rings. The largest absolute Gasteiger partial charge is 0.378 e. The van der Waals surface area contributed by atoms with Gasteiger partial charge in [-0.1, -0.05) is 42.1 Å². The maximum absolute atomic E-state index is 13.3. The molecule has 1 saturated heterocycles. The van der Waals surface area contributed by atoms with Gasteiger partial charge in [-0.2, -0.15) is 5.26 Å². The molecule has 28 heavy (non-hydrogen) atoms. The third-order valence-corrected chi connectivity index (χ3v) is 5.57. The van der Waals surface area contributed by atoms with E-state index in [9.17, 15) is 4.79 Å². The number of benzene rings is 2. The standard InChI is InChI=1S/C21H20N4O2S/c22-8-13-28-21-23-19-7-6-17(24-9-11-27-12-10-24)14-18(19)20(26)25(21)15-16-4-2-1-3-5-16/h1-7,14H,9-13,15H2. The first kappa shape index (κ1) is 18.5. The summed E-state index contributed by atoms with van der Waals surface area (Å²) in [5.74, 6) is 0.249. The number of fused-ring (bicyclic) bond motifs is 1. The van der Waals surface area contributed by atoms with Crippen LogP contribution in [0.3, 0.4) is 0 Å². The molecule has 4 rings (SSSR count). The van der Waals surface area contributed by atoms with Crippen LogP contribution < -0.4 is 10.5 Å². The predicted molar refractivity (Wildman–Crippen MR) is 111 cm³/mol. The molecule has 0 atom stereocenters. The maximum Gasteiger partial charge on any atom is 0.262 e. The van der Waals surface area contributed by atoms with Gasteiger partial charge in [0, 0.05) is 18.8 Å². The zero-order valence-electron chi connectivity index (χ0n) is 15.4. The first-order valence-corrected chi connectivity index (χ1v) is 10.2. The first-order valence-electron chi connectivity index (χ1n) is 9.17. The molecule has 142 valence electrons. The van der Waals surface area contributed by atoms with Crippen molar-refractivity contribution in [2.45, 2.75) is 11.7 Å². The van der Waals surface area contributed by atoms with E-state index < -0.39 is 0 Å². The summed E-state index contributed by atoms with van der Waals surface area (Å²) in [6, 6.07) is 17.8. The number of ether oxygens (including phenoxy) is 1. The van der Waals surface area contributed by atoms with Crippen molar-refractivity contribution in [2.24, 2.45) is 0 Å². The van der Waals surface area contributed by atoms with Crippen molar-refractivity contribution in [1.29, 1.82) is 5.26 Å². The lowest BCUT2D eigenvalue weighted by Gasteiger charge is -2.29. The summed E-state index contributed by atoms with van der Waals surface area (Å²) in [5, 5.41) is 10.1. The molecule has 6 nitrogen and oxygen atoms in total. The monoisotopic (exact) mass is 392 g/mol. The Bertz CT molecular complexity index is 1070. The van der Waals surface area contributed by atoms with Gasteiger partial charge in [0.2, 0.25) is 0 Å². The molecule has 1 aliphatic rings. The molecule has 0 bridgehead atoms. The Balaban J connectivity index is 1.80. The molecule has 0 spiro atoms. The van der Waals surface area contributed by atoms with Gasteiger partial charge in [0.05, 0.1) is 42.5 Å². The molecule has 1 aromatic heterocycles. The highest BCUT2D eigenvalue weighted by Gasteiger charge is 2.16. The minimum atomic E-state index is -0.0793. The summed E-state index contributed by atoms with van der Waals surface area (Å²) in [6.07, 6.45) is 0. The van der Waals surface area contributed by atoms with Crippen molar-refractivity contribution in [3.8, 4) is 6.07 Å². The second-order valence-electron chi connectivity index (χ2n) is 6.52.